The van der Waals surface area contributed by atoms with E-state index in [0.717, 1.165) is 16.2 Å². The van der Waals surface area contributed by atoms with E-state index in [4.69, 9.17) is 9.84 Å². The first kappa shape index (κ1) is 33.5. The van der Waals surface area contributed by atoms with Crippen molar-refractivity contribution < 1.29 is 24.2 Å². The number of aromatic nitrogens is 3. The first-order valence-electron chi connectivity index (χ1n) is 14.9. The van der Waals surface area contributed by atoms with E-state index in [9.17, 15) is 19.5 Å². The van der Waals surface area contributed by atoms with Crippen molar-refractivity contribution in [2.75, 3.05) is 10.6 Å². The smallest absolute Gasteiger partial charge is 0.408 e. The molecule has 0 bridgehead atoms. The maximum atomic E-state index is 13.0. The maximum absolute atomic E-state index is 13.0. The molecule has 0 fully saturated rings. The molecule has 242 valence electrons. The van der Waals surface area contributed by atoms with Gasteiger partial charge in [0, 0.05) is 41.6 Å². The summed E-state index contributed by atoms with van der Waals surface area (Å²) in [6, 6.07) is 18.4. The van der Waals surface area contributed by atoms with E-state index in [1.165, 1.54) is 0 Å². The number of urea groups is 1. The number of nitrogens with one attached hydrogen (secondary N) is 3. The van der Waals surface area contributed by atoms with Gasteiger partial charge in [0.15, 0.2) is 0 Å². The lowest BCUT2D eigenvalue weighted by Crippen LogP contribution is -2.55. The molecule has 0 spiro atoms. The van der Waals surface area contributed by atoms with Gasteiger partial charge in [0.2, 0.25) is 5.91 Å². The van der Waals surface area contributed by atoms with Crippen LogP contribution in [-0.4, -0.2) is 54.4 Å². The third-order valence-corrected chi connectivity index (χ3v) is 7.06. The quantitative estimate of drug-likeness (QED) is 0.160. The molecular weight excluding hydrogens is 586 g/mol. The molecule has 0 saturated heterocycles. The number of pyridine rings is 1. The number of carboxylic acid groups (broad SMARTS) is 1. The van der Waals surface area contributed by atoms with Gasteiger partial charge >= 0.3 is 12.1 Å². The summed E-state index contributed by atoms with van der Waals surface area (Å²) in [5.41, 5.74) is 1.87. The van der Waals surface area contributed by atoms with Gasteiger partial charge in [-0.15, -0.1) is 0 Å². The van der Waals surface area contributed by atoms with Crippen LogP contribution in [0.15, 0.2) is 79.1 Å². The standard InChI is InChI=1S/C34H41N7O5/c1-22(40(32(44)45)34(5,6)7)30(42)36-21-23-8-12-25(13-9-23)41-29(20-28(39-41)33(2,3)4)38-31(43)37-24-10-14-26(15-11-24)46-27-16-18-35-19-17-27/h8-20,22H,21H2,1-7H3,(H,36,42)(H,44,45)(H2,37,38,43). The molecule has 0 saturated carbocycles. The predicted molar refractivity (Wildman–Crippen MR) is 177 cm³/mol. The fraction of sp³-hybridized carbons (Fsp3) is 0.324. The molecule has 12 heteroatoms. The minimum Gasteiger partial charge on any atom is -0.465 e. The maximum Gasteiger partial charge on any atom is 0.408 e. The number of carbonyl (C=O) groups excluding carboxylic acids is 2. The molecule has 0 aliphatic carbocycles. The molecule has 4 amide bonds. The van der Waals surface area contributed by atoms with Crippen LogP contribution in [0.2, 0.25) is 0 Å². The zero-order valence-electron chi connectivity index (χ0n) is 27.2. The Morgan fingerprint density at radius 1 is 0.891 bits per heavy atom. The number of rotatable bonds is 9. The van der Waals surface area contributed by atoms with Gasteiger partial charge in [-0.2, -0.15) is 5.10 Å². The number of amides is 4. The predicted octanol–water partition coefficient (Wildman–Crippen LogP) is 6.78. The molecule has 2 heterocycles. The molecule has 0 aliphatic rings. The number of anilines is 2. The molecule has 0 aliphatic heterocycles. The van der Waals surface area contributed by atoms with Gasteiger partial charge in [-0.3, -0.25) is 20.0 Å². The molecule has 1 atom stereocenters. The number of benzene rings is 2. The number of hydrogen-bond donors (Lipinski definition) is 4. The number of carbonyl (C=O) groups is 3. The second kappa shape index (κ2) is 13.7. The molecule has 0 radical (unpaired) electrons. The summed E-state index contributed by atoms with van der Waals surface area (Å²) < 4.78 is 7.44. The van der Waals surface area contributed by atoms with Gasteiger partial charge in [0.05, 0.1) is 11.4 Å². The topological polar surface area (TPSA) is 151 Å². The average Bonchev–Trinajstić information content (AvgIpc) is 3.41. The van der Waals surface area contributed by atoms with Gasteiger partial charge in [0.1, 0.15) is 23.4 Å². The van der Waals surface area contributed by atoms with Crippen LogP contribution in [0, 0.1) is 0 Å². The molecule has 4 N–H and O–H groups in total. The van der Waals surface area contributed by atoms with Gasteiger partial charge in [0.25, 0.3) is 0 Å². The Labute approximate surface area is 268 Å². The van der Waals surface area contributed by atoms with Gasteiger partial charge in [-0.25, -0.2) is 14.3 Å². The lowest BCUT2D eigenvalue weighted by atomic mass is 9.92. The molecule has 4 rings (SSSR count). The Balaban J connectivity index is 1.43. The van der Waals surface area contributed by atoms with Crippen LogP contribution in [0.3, 0.4) is 0 Å². The minimum absolute atomic E-state index is 0.216. The van der Waals surface area contributed by atoms with E-state index in [1.807, 2.05) is 51.1 Å². The lowest BCUT2D eigenvalue weighted by molar-refractivity contribution is -0.127. The van der Waals surface area contributed by atoms with Gasteiger partial charge < -0.3 is 20.5 Å². The highest BCUT2D eigenvalue weighted by Gasteiger charge is 2.34. The fourth-order valence-electron chi connectivity index (χ4n) is 4.70. The van der Waals surface area contributed by atoms with E-state index in [-0.39, 0.29) is 12.0 Å². The van der Waals surface area contributed by atoms with Crippen LogP contribution in [0.4, 0.5) is 21.1 Å². The molecular formula is C34H41N7O5. The Morgan fingerprint density at radius 3 is 2.07 bits per heavy atom. The van der Waals surface area contributed by atoms with Crippen molar-refractivity contribution >= 4 is 29.5 Å². The van der Waals surface area contributed by atoms with Crippen LogP contribution in [0.1, 0.15) is 59.7 Å². The summed E-state index contributed by atoms with van der Waals surface area (Å²) >= 11 is 0. The summed E-state index contributed by atoms with van der Waals surface area (Å²) in [6.07, 6.45) is 2.14. The molecule has 12 nitrogen and oxygen atoms in total. The SMILES string of the molecule is CC(C(=O)NCc1ccc(-n2nc(C(C)(C)C)cc2NC(=O)Nc2ccc(Oc3ccncc3)cc2)cc1)N(C(=O)O)C(C)(C)C. The Hall–Kier alpha value is -5.39. The number of hydrogen-bond acceptors (Lipinski definition) is 6. The van der Waals surface area contributed by atoms with Crippen molar-refractivity contribution in [1.82, 2.24) is 25.0 Å². The number of ether oxygens (including phenoxy) is 1. The van der Waals surface area contributed by atoms with Crippen molar-refractivity contribution in [2.24, 2.45) is 0 Å². The summed E-state index contributed by atoms with van der Waals surface area (Å²) in [7, 11) is 0. The highest BCUT2D eigenvalue weighted by Crippen LogP contribution is 2.27. The number of nitrogens with zero attached hydrogens (tertiary/aromatic N) is 4. The van der Waals surface area contributed by atoms with Crippen molar-refractivity contribution in [3.05, 3.63) is 90.4 Å². The molecule has 2 aromatic carbocycles. The average molecular weight is 628 g/mol. The zero-order chi connectivity index (χ0) is 33.6. The first-order valence-corrected chi connectivity index (χ1v) is 14.9. The van der Waals surface area contributed by atoms with Gasteiger partial charge in [-0.05, 0) is 81.8 Å². The van der Waals surface area contributed by atoms with Crippen LogP contribution in [-0.2, 0) is 16.8 Å². The normalized spacial score (nSPS) is 12.2. The van der Waals surface area contributed by atoms with Crippen molar-refractivity contribution in [2.45, 2.75) is 72.0 Å². The third-order valence-electron chi connectivity index (χ3n) is 7.06. The van der Waals surface area contributed by atoms with E-state index < -0.39 is 29.6 Å². The van der Waals surface area contributed by atoms with Crippen molar-refractivity contribution in [1.29, 1.82) is 0 Å². The Bertz CT molecular complexity index is 1660. The van der Waals surface area contributed by atoms with Crippen LogP contribution >= 0.6 is 0 Å². The molecule has 2 aromatic heterocycles. The summed E-state index contributed by atoms with van der Waals surface area (Å²) in [6.45, 7) is 13.1. The molecule has 4 aromatic rings. The summed E-state index contributed by atoms with van der Waals surface area (Å²) in [4.78, 5) is 42.7. The van der Waals surface area contributed by atoms with E-state index in [2.05, 4.69) is 20.9 Å². The summed E-state index contributed by atoms with van der Waals surface area (Å²) in [5.74, 6) is 1.37. The van der Waals surface area contributed by atoms with Crippen LogP contribution < -0.4 is 20.7 Å². The van der Waals surface area contributed by atoms with Crippen LogP contribution in [0.25, 0.3) is 5.69 Å². The fourth-order valence-corrected chi connectivity index (χ4v) is 4.70. The Morgan fingerprint density at radius 2 is 1.50 bits per heavy atom. The lowest BCUT2D eigenvalue weighted by Gasteiger charge is -2.37. The van der Waals surface area contributed by atoms with E-state index >= 15 is 0 Å². The largest absolute Gasteiger partial charge is 0.465 e. The third kappa shape index (κ3) is 8.62. The van der Waals surface area contributed by atoms with E-state index in [0.29, 0.717) is 28.7 Å². The second-order valence-corrected chi connectivity index (χ2v) is 12.8. The van der Waals surface area contributed by atoms with Crippen molar-refractivity contribution in [3.8, 4) is 17.2 Å². The molecule has 1 unspecified atom stereocenters. The Kier molecular flexibility index (Phi) is 9.99. The van der Waals surface area contributed by atoms with Crippen LogP contribution in [0.5, 0.6) is 11.5 Å². The molecule has 46 heavy (non-hydrogen) atoms. The zero-order valence-corrected chi connectivity index (χ0v) is 27.2. The minimum atomic E-state index is -1.16. The monoisotopic (exact) mass is 627 g/mol. The summed E-state index contributed by atoms with van der Waals surface area (Å²) in [5, 5.41) is 23.0. The van der Waals surface area contributed by atoms with Gasteiger partial charge in [-0.1, -0.05) is 32.9 Å². The first-order chi connectivity index (χ1) is 21.6. The highest BCUT2D eigenvalue weighted by atomic mass is 16.5. The second-order valence-electron chi connectivity index (χ2n) is 12.8. The van der Waals surface area contributed by atoms with Crippen molar-refractivity contribution in [3.63, 3.8) is 0 Å². The highest BCUT2D eigenvalue weighted by molar-refractivity contribution is 5.99. The van der Waals surface area contributed by atoms with E-state index in [1.54, 1.807) is 81.2 Å².